The number of hydrogen-bond acceptors (Lipinski definition) is 5. The van der Waals surface area contributed by atoms with E-state index in [-0.39, 0.29) is 10.2 Å². The van der Waals surface area contributed by atoms with Crippen molar-refractivity contribution in [1.82, 2.24) is 9.97 Å². The third-order valence-corrected chi connectivity index (χ3v) is 3.16. The highest BCUT2D eigenvalue weighted by atomic mass is 79.9. The van der Waals surface area contributed by atoms with E-state index in [1.807, 2.05) is 0 Å². The van der Waals surface area contributed by atoms with E-state index in [0.717, 1.165) is 0 Å². The minimum atomic E-state index is -4.74. The number of alkyl halides is 3. The zero-order valence-corrected chi connectivity index (χ0v) is 12.3. The maximum Gasteiger partial charge on any atom is 0.573 e. The molecule has 0 aliphatic rings. The summed E-state index contributed by atoms with van der Waals surface area (Å²) in [4.78, 5) is 7.84. The van der Waals surface area contributed by atoms with Crippen molar-refractivity contribution in [2.45, 2.75) is 13.3 Å². The van der Waals surface area contributed by atoms with Crippen LogP contribution in [0.15, 0.2) is 29.0 Å². The fourth-order valence-corrected chi connectivity index (χ4v) is 1.97. The van der Waals surface area contributed by atoms with E-state index in [2.05, 4.69) is 36.0 Å². The first-order valence-electron chi connectivity index (χ1n) is 5.65. The number of benzene rings is 1. The molecule has 0 saturated carbocycles. The second-order valence-electron chi connectivity index (χ2n) is 4.05. The van der Waals surface area contributed by atoms with Crippen molar-refractivity contribution in [3.8, 4) is 5.75 Å². The zero-order valence-electron chi connectivity index (χ0n) is 10.7. The molecule has 0 atom stereocenters. The molecule has 21 heavy (non-hydrogen) atoms. The van der Waals surface area contributed by atoms with Crippen LogP contribution in [-0.4, -0.2) is 16.3 Å². The number of rotatable bonds is 3. The van der Waals surface area contributed by atoms with Gasteiger partial charge in [-0.05, 0) is 41.1 Å². The molecule has 9 heteroatoms. The molecule has 3 N–H and O–H groups in total. The Labute approximate surface area is 126 Å². The van der Waals surface area contributed by atoms with Gasteiger partial charge in [0.2, 0.25) is 0 Å². The molecule has 0 bridgehead atoms. The van der Waals surface area contributed by atoms with Gasteiger partial charge in [0.25, 0.3) is 0 Å². The highest BCUT2D eigenvalue weighted by molar-refractivity contribution is 9.10. The molecule has 0 radical (unpaired) electrons. The summed E-state index contributed by atoms with van der Waals surface area (Å²) in [5, 5.41) is 2.95. The highest BCUT2D eigenvalue weighted by Gasteiger charge is 2.31. The van der Waals surface area contributed by atoms with Gasteiger partial charge in [-0.15, -0.1) is 13.2 Å². The predicted molar refractivity (Wildman–Crippen MR) is 75.3 cm³/mol. The van der Waals surface area contributed by atoms with Crippen molar-refractivity contribution in [3.63, 3.8) is 0 Å². The molecule has 0 unspecified atom stereocenters. The summed E-state index contributed by atoms with van der Waals surface area (Å²) in [5.74, 6) is 0.467. The Bertz CT molecular complexity index is 663. The normalized spacial score (nSPS) is 11.3. The number of nitrogens with two attached hydrogens (primary N) is 1. The van der Waals surface area contributed by atoms with Crippen molar-refractivity contribution in [2.24, 2.45) is 0 Å². The first-order valence-corrected chi connectivity index (χ1v) is 6.45. The number of aromatic nitrogens is 2. The van der Waals surface area contributed by atoms with Gasteiger partial charge in [0.05, 0.1) is 4.47 Å². The van der Waals surface area contributed by atoms with Crippen molar-refractivity contribution in [1.29, 1.82) is 0 Å². The van der Waals surface area contributed by atoms with Crippen LogP contribution in [-0.2, 0) is 0 Å². The average Bonchev–Trinajstić information content (AvgIpc) is 2.37. The molecule has 0 spiro atoms. The van der Waals surface area contributed by atoms with Gasteiger partial charge in [0.1, 0.15) is 23.7 Å². The van der Waals surface area contributed by atoms with Crippen LogP contribution in [0.2, 0.25) is 0 Å². The maximum absolute atomic E-state index is 12.2. The van der Waals surface area contributed by atoms with Crippen molar-refractivity contribution in [2.75, 3.05) is 11.1 Å². The molecule has 0 fully saturated rings. The second kappa shape index (κ2) is 5.76. The zero-order chi connectivity index (χ0) is 15.6. The van der Waals surface area contributed by atoms with E-state index >= 15 is 0 Å². The molecule has 0 saturated heterocycles. The Balaban J connectivity index is 2.23. The smallest absolute Gasteiger partial charge is 0.405 e. The number of ether oxygens (including phenoxy) is 1. The maximum atomic E-state index is 12.2. The number of nitrogen functional groups attached to an aromatic ring is 1. The molecule has 2 aromatic rings. The molecule has 0 amide bonds. The lowest BCUT2D eigenvalue weighted by molar-refractivity contribution is -0.274. The quantitative estimate of drug-likeness (QED) is 0.869. The third kappa shape index (κ3) is 3.97. The SMILES string of the molecule is Cc1c(N)ncnc1Nc1ccc(OC(F)(F)F)c(Br)c1. The van der Waals surface area contributed by atoms with Crippen LogP contribution >= 0.6 is 15.9 Å². The Hall–Kier alpha value is -2.03. The highest BCUT2D eigenvalue weighted by Crippen LogP contribution is 2.33. The van der Waals surface area contributed by atoms with Crippen molar-refractivity contribution in [3.05, 3.63) is 34.6 Å². The van der Waals surface area contributed by atoms with E-state index in [0.29, 0.717) is 22.9 Å². The van der Waals surface area contributed by atoms with E-state index in [4.69, 9.17) is 5.73 Å². The summed E-state index contributed by atoms with van der Waals surface area (Å²) in [5.41, 5.74) is 6.82. The average molecular weight is 363 g/mol. The molecule has 1 aromatic heterocycles. The van der Waals surface area contributed by atoms with Crippen LogP contribution in [0.4, 0.5) is 30.5 Å². The van der Waals surface area contributed by atoms with Crippen LogP contribution in [0.5, 0.6) is 5.75 Å². The summed E-state index contributed by atoms with van der Waals surface area (Å²) >= 11 is 3.02. The van der Waals surface area contributed by atoms with Crippen molar-refractivity contribution >= 4 is 33.3 Å². The van der Waals surface area contributed by atoms with Gasteiger partial charge in [0.15, 0.2) is 0 Å². The topological polar surface area (TPSA) is 73.1 Å². The summed E-state index contributed by atoms with van der Waals surface area (Å²) in [6.45, 7) is 1.73. The number of anilines is 3. The Morgan fingerprint density at radius 3 is 2.62 bits per heavy atom. The summed E-state index contributed by atoms with van der Waals surface area (Å²) in [7, 11) is 0. The number of halogens is 4. The Morgan fingerprint density at radius 1 is 1.29 bits per heavy atom. The summed E-state index contributed by atoms with van der Waals surface area (Å²) < 4.78 is 40.5. The van der Waals surface area contributed by atoms with Crippen molar-refractivity contribution < 1.29 is 17.9 Å². The van der Waals surface area contributed by atoms with Crippen LogP contribution < -0.4 is 15.8 Å². The minimum Gasteiger partial charge on any atom is -0.405 e. The number of nitrogens with zero attached hydrogens (tertiary/aromatic N) is 2. The van der Waals surface area contributed by atoms with Gasteiger partial charge in [-0.2, -0.15) is 0 Å². The Morgan fingerprint density at radius 2 is 2.00 bits per heavy atom. The molecule has 0 aliphatic carbocycles. The first-order chi connectivity index (χ1) is 9.76. The van der Waals surface area contributed by atoms with Crippen LogP contribution in [0.25, 0.3) is 0 Å². The van der Waals surface area contributed by atoms with Crippen LogP contribution in [0.1, 0.15) is 5.56 Å². The molecule has 2 rings (SSSR count). The molecular weight excluding hydrogens is 353 g/mol. The molecule has 112 valence electrons. The van der Waals surface area contributed by atoms with Gasteiger partial charge >= 0.3 is 6.36 Å². The largest absolute Gasteiger partial charge is 0.573 e. The molecular formula is C12H10BrF3N4O. The van der Waals surface area contributed by atoms with Crippen LogP contribution in [0, 0.1) is 6.92 Å². The van der Waals surface area contributed by atoms with Gasteiger partial charge in [0, 0.05) is 11.3 Å². The van der Waals surface area contributed by atoms with E-state index in [1.165, 1.54) is 24.5 Å². The molecule has 1 aromatic carbocycles. The number of nitrogens with one attached hydrogen (secondary N) is 1. The number of hydrogen-bond donors (Lipinski definition) is 2. The lowest BCUT2D eigenvalue weighted by Gasteiger charge is -2.13. The van der Waals surface area contributed by atoms with Gasteiger partial charge in [-0.25, -0.2) is 9.97 Å². The van der Waals surface area contributed by atoms with Gasteiger partial charge in [-0.3, -0.25) is 0 Å². The lowest BCUT2D eigenvalue weighted by atomic mass is 10.2. The van der Waals surface area contributed by atoms with E-state index < -0.39 is 6.36 Å². The summed E-state index contributed by atoms with van der Waals surface area (Å²) in [6, 6.07) is 4.07. The molecule has 5 nitrogen and oxygen atoms in total. The predicted octanol–water partition coefficient (Wildman–Crippen LogP) is 3.77. The lowest BCUT2D eigenvalue weighted by Crippen LogP contribution is -2.17. The Kier molecular flexibility index (Phi) is 4.21. The van der Waals surface area contributed by atoms with Gasteiger partial charge < -0.3 is 15.8 Å². The fraction of sp³-hybridized carbons (Fsp3) is 0.167. The fourth-order valence-electron chi connectivity index (χ4n) is 1.51. The molecule has 1 heterocycles. The molecule has 0 aliphatic heterocycles. The van der Waals surface area contributed by atoms with E-state index in [1.54, 1.807) is 6.92 Å². The first kappa shape index (κ1) is 15.4. The van der Waals surface area contributed by atoms with Crippen LogP contribution in [0.3, 0.4) is 0 Å². The second-order valence-corrected chi connectivity index (χ2v) is 4.90. The van der Waals surface area contributed by atoms with E-state index in [9.17, 15) is 13.2 Å². The third-order valence-electron chi connectivity index (χ3n) is 2.54. The standard InChI is InChI=1S/C12H10BrF3N4O/c1-6-10(17)18-5-19-11(6)20-7-2-3-9(8(13)4-7)21-12(14,15)16/h2-5H,1H3,(H3,17,18,19,20). The monoisotopic (exact) mass is 362 g/mol. The summed E-state index contributed by atoms with van der Waals surface area (Å²) in [6.07, 6.45) is -3.45. The minimum absolute atomic E-state index is 0.157. The van der Waals surface area contributed by atoms with Gasteiger partial charge in [-0.1, -0.05) is 0 Å².